The molecule has 0 amide bonds. The lowest BCUT2D eigenvalue weighted by atomic mass is 10.2. The van der Waals surface area contributed by atoms with Crippen molar-refractivity contribution >= 4 is 17.1 Å². The molecule has 2 unspecified atom stereocenters. The maximum Gasteiger partial charge on any atom is 0.537 e. The molecule has 0 radical (unpaired) electrons. The lowest BCUT2D eigenvalue weighted by molar-refractivity contribution is -0.120. The molecule has 0 aromatic heterocycles. The van der Waals surface area contributed by atoms with E-state index in [1.165, 1.54) is 0 Å². The van der Waals surface area contributed by atoms with Crippen LogP contribution in [0.5, 0.6) is 0 Å². The van der Waals surface area contributed by atoms with Gasteiger partial charge in [-0.25, -0.2) is 4.57 Å². The lowest BCUT2D eigenvalue weighted by Crippen LogP contribution is -2.03. The van der Waals surface area contributed by atoms with Gasteiger partial charge in [0, 0.05) is 0 Å². The summed E-state index contributed by atoms with van der Waals surface area (Å²) in [7, 11) is -2.48. The van der Waals surface area contributed by atoms with Crippen LogP contribution >= 0.6 is 17.1 Å². The zero-order valence-corrected chi connectivity index (χ0v) is 9.87. The van der Waals surface area contributed by atoms with Gasteiger partial charge < -0.3 is 0 Å². The molecule has 0 aromatic rings. The van der Waals surface area contributed by atoms with E-state index < -0.39 is 13.7 Å². The fourth-order valence-electron chi connectivity index (χ4n) is 0.857. The van der Waals surface area contributed by atoms with Crippen LogP contribution in [0.3, 0.4) is 0 Å². The van der Waals surface area contributed by atoms with E-state index in [9.17, 15) is 13.6 Å². The van der Waals surface area contributed by atoms with Crippen molar-refractivity contribution in [2.45, 2.75) is 38.5 Å². The number of halogens is 2. The second-order valence-electron chi connectivity index (χ2n) is 2.72. The van der Waals surface area contributed by atoms with Crippen LogP contribution in [0.15, 0.2) is 0 Å². The monoisotopic (exact) mass is 250 g/mol. The third-order valence-electron chi connectivity index (χ3n) is 1.53. The predicted octanol–water partition coefficient (Wildman–Crippen LogP) is 3.69. The molecule has 2 atom stereocenters. The molecule has 0 aromatic carbocycles. The first kappa shape index (κ1) is 14.4. The van der Waals surface area contributed by atoms with Crippen LogP contribution in [0.2, 0.25) is 0 Å². The van der Waals surface area contributed by atoms with Gasteiger partial charge in [0.1, 0.15) is 0 Å². The van der Waals surface area contributed by atoms with Crippen molar-refractivity contribution in [3.8, 4) is 0 Å². The molecule has 14 heavy (non-hydrogen) atoms. The molecule has 0 aliphatic carbocycles. The molecule has 0 heterocycles. The van der Waals surface area contributed by atoms with Gasteiger partial charge in [-0.2, -0.15) is 0 Å². The number of rotatable bonds is 8. The molecule has 0 N–H and O–H groups in total. The Morgan fingerprint density at radius 2 is 1.93 bits per heavy atom. The predicted molar refractivity (Wildman–Crippen MR) is 50.7 cm³/mol. The molecule has 0 spiro atoms. The first-order valence-electron chi connectivity index (χ1n) is 4.22. The summed E-state index contributed by atoms with van der Waals surface area (Å²) in [6.45, 7) is 2.01. The molecular weight excluding hydrogens is 236 g/mol. The lowest BCUT2D eigenvalue weighted by Gasteiger charge is -2.13. The third kappa shape index (κ3) is 5.99. The van der Waals surface area contributed by atoms with E-state index in [1.807, 2.05) is 6.92 Å². The molecule has 0 saturated heterocycles. The molecule has 8 heteroatoms. The highest BCUT2D eigenvalue weighted by atomic mass is 31.2. The van der Waals surface area contributed by atoms with Gasteiger partial charge in [0.15, 0.2) is 0 Å². The van der Waals surface area contributed by atoms with Crippen molar-refractivity contribution in [2.24, 2.45) is 0 Å². The number of hydrogen-bond donors (Lipinski definition) is 0. The second-order valence-corrected chi connectivity index (χ2v) is 4.85. The Balaban J connectivity index is 3.79. The van der Waals surface area contributed by atoms with Gasteiger partial charge in [0.25, 0.3) is 0 Å². The van der Waals surface area contributed by atoms with Gasteiger partial charge in [-0.3, -0.25) is 4.52 Å². The Morgan fingerprint density at radius 1 is 1.36 bits per heavy atom. The standard InChI is InChI=1S/C6H14F2O4P2/c1-2-3-4-5-6(13)10-14(9,11-7)12-8/h6H,2-5,13H2,1H3. The van der Waals surface area contributed by atoms with Crippen LogP contribution in [0.25, 0.3) is 0 Å². The van der Waals surface area contributed by atoms with Crippen molar-refractivity contribution in [3.63, 3.8) is 0 Å². The number of phosphoric acid groups is 1. The minimum atomic E-state index is -4.64. The van der Waals surface area contributed by atoms with Gasteiger partial charge in [-0.1, -0.05) is 35.6 Å². The molecule has 0 fully saturated rings. The van der Waals surface area contributed by atoms with E-state index >= 15 is 0 Å². The van der Waals surface area contributed by atoms with E-state index in [2.05, 4.69) is 23.2 Å². The van der Waals surface area contributed by atoms with E-state index in [0.717, 1.165) is 19.3 Å². The summed E-state index contributed by atoms with van der Waals surface area (Å²) in [6.07, 6.45) is 3.29. The zero-order valence-electron chi connectivity index (χ0n) is 7.82. The summed E-state index contributed by atoms with van der Waals surface area (Å²) in [5.41, 5.74) is 0. The molecule has 0 aliphatic rings. The number of hydrogen-bond acceptors (Lipinski definition) is 4. The summed E-state index contributed by atoms with van der Waals surface area (Å²) in [4.78, 5) is 0. The molecular formula is C6H14F2O4P2. The summed E-state index contributed by atoms with van der Waals surface area (Å²) >= 11 is 0. The highest BCUT2D eigenvalue weighted by molar-refractivity contribution is 7.48. The van der Waals surface area contributed by atoms with Crippen LogP contribution in [-0.2, 0) is 18.5 Å². The van der Waals surface area contributed by atoms with E-state index in [-0.39, 0.29) is 0 Å². The first-order chi connectivity index (χ1) is 6.58. The van der Waals surface area contributed by atoms with Crippen molar-refractivity contribution in [3.05, 3.63) is 0 Å². The Labute approximate surface area is 83.9 Å². The molecule has 0 bridgehead atoms. The maximum atomic E-state index is 11.5. The highest BCUT2D eigenvalue weighted by Crippen LogP contribution is 2.52. The van der Waals surface area contributed by atoms with Crippen LogP contribution in [0.4, 0.5) is 9.05 Å². The summed E-state index contributed by atoms with van der Waals surface area (Å²) in [5.74, 6) is -0.654. The van der Waals surface area contributed by atoms with E-state index in [4.69, 9.17) is 0 Å². The minimum Gasteiger partial charge on any atom is -0.276 e. The Morgan fingerprint density at radius 3 is 2.36 bits per heavy atom. The third-order valence-corrected chi connectivity index (χ3v) is 3.09. The quantitative estimate of drug-likeness (QED) is 0.486. The van der Waals surface area contributed by atoms with Crippen molar-refractivity contribution in [1.82, 2.24) is 0 Å². The smallest absolute Gasteiger partial charge is 0.276 e. The van der Waals surface area contributed by atoms with Crippen LogP contribution in [0, 0.1) is 0 Å². The van der Waals surface area contributed by atoms with E-state index in [0.29, 0.717) is 6.42 Å². The maximum absolute atomic E-state index is 11.5. The van der Waals surface area contributed by atoms with Gasteiger partial charge in [-0.15, -0.1) is 9.24 Å². The molecule has 0 saturated carbocycles. The summed E-state index contributed by atoms with van der Waals surface area (Å²) < 4.78 is 43.8. The Bertz CT molecular complexity index is 185. The highest BCUT2D eigenvalue weighted by Gasteiger charge is 2.32. The minimum absolute atomic E-state index is 0.509. The Kier molecular flexibility index (Phi) is 7.88. The zero-order chi connectivity index (χ0) is 11.0. The molecule has 86 valence electrons. The fraction of sp³-hybridized carbons (Fsp3) is 1.00. The second kappa shape index (κ2) is 7.66. The normalized spacial score (nSPS) is 14.3. The largest absolute Gasteiger partial charge is 0.537 e. The topological polar surface area (TPSA) is 44.8 Å². The van der Waals surface area contributed by atoms with Gasteiger partial charge in [0.05, 0.1) is 5.85 Å². The van der Waals surface area contributed by atoms with Crippen molar-refractivity contribution in [2.75, 3.05) is 0 Å². The molecule has 0 aliphatic heterocycles. The van der Waals surface area contributed by atoms with Crippen LogP contribution in [0.1, 0.15) is 32.6 Å². The van der Waals surface area contributed by atoms with Crippen LogP contribution in [-0.4, -0.2) is 5.85 Å². The average molecular weight is 250 g/mol. The SMILES string of the molecule is CCCCCC(P)OP(=O)(OF)OF. The molecule has 0 rings (SSSR count). The fourth-order valence-corrected chi connectivity index (χ4v) is 2.06. The summed E-state index contributed by atoms with van der Waals surface area (Å²) in [5, 5.41) is 0. The van der Waals surface area contributed by atoms with Gasteiger partial charge in [-0.05, 0) is 15.5 Å². The summed E-state index contributed by atoms with van der Waals surface area (Å²) in [6, 6.07) is 0. The first-order valence-corrected chi connectivity index (χ1v) is 6.35. The average Bonchev–Trinajstić information content (AvgIpc) is 2.18. The Hall–Kier alpha value is 0.400. The van der Waals surface area contributed by atoms with Gasteiger partial charge in [0.2, 0.25) is 0 Å². The van der Waals surface area contributed by atoms with Crippen molar-refractivity contribution in [1.29, 1.82) is 0 Å². The molecule has 4 nitrogen and oxygen atoms in total. The number of unbranched alkanes of at least 4 members (excludes halogenated alkanes) is 2. The van der Waals surface area contributed by atoms with Crippen LogP contribution < -0.4 is 0 Å². The van der Waals surface area contributed by atoms with Gasteiger partial charge >= 0.3 is 7.82 Å². The van der Waals surface area contributed by atoms with Crippen molar-refractivity contribution < 1.29 is 27.6 Å². The van der Waals surface area contributed by atoms with E-state index in [1.54, 1.807) is 0 Å².